The Hall–Kier alpha value is -1.53. The summed E-state index contributed by atoms with van der Waals surface area (Å²) in [6.45, 7) is 3.85. The maximum Gasteiger partial charge on any atom is 0.215 e. The van der Waals surface area contributed by atoms with Crippen molar-refractivity contribution in [3.05, 3.63) is 36.9 Å². The van der Waals surface area contributed by atoms with Crippen LogP contribution in [0.5, 0.6) is 5.75 Å². The lowest BCUT2D eigenvalue weighted by Gasteiger charge is -2.07. The molecule has 0 atom stereocenters. The van der Waals surface area contributed by atoms with Crippen LogP contribution in [-0.2, 0) is 10.0 Å². The minimum absolute atomic E-state index is 0.0884. The van der Waals surface area contributed by atoms with E-state index in [9.17, 15) is 8.42 Å². The van der Waals surface area contributed by atoms with Crippen LogP contribution in [0.25, 0.3) is 0 Å². The Bertz CT molecular complexity index is 454. The second-order valence-corrected chi connectivity index (χ2v) is 5.23. The lowest BCUT2D eigenvalue weighted by molar-refractivity contribution is 0.323. The molecule has 3 N–H and O–H groups in total. The van der Waals surface area contributed by atoms with Crippen molar-refractivity contribution >= 4 is 15.7 Å². The number of nitrogens with one attached hydrogen (secondary N) is 1. The molecule has 0 amide bonds. The van der Waals surface area contributed by atoms with Gasteiger partial charge in [-0.2, -0.15) is 0 Å². The molecule has 0 unspecified atom stereocenters. The zero-order valence-electron chi connectivity index (χ0n) is 9.43. The summed E-state index contributed by atoms with van der Waals surface area (Å²) in [4.78, 5) is 0. The van der Waals surface area contributed by atoms with Gasteiger partial charge in [-0.05, 0) is 24.3 Å². The van der Waals surface area contributed by atoms with Crippen LogP contribution in [0.15, 0.2) is 36.9 Å². The van der Waals surface area contributed by atoms with Crippen LogP contribution < -0.4 is 15.2 Å². The SMILES string of the molecule is C=CCS(=O)(=O)NCCOc1ccc(N)cc1. The van der Waals surface area contributed by atoms with E-state index in [0.29, 0.717) is 11.4 Å². The molecule has 0 aliphatic rings. The Morgan fingerprint density at radius 3 is 2.59 bits per heavy atom. The highest BCUT2D eigenvalue weighted by atomic mass is 32.2. The molecule has 5 nitrogen and oxygen atoms in total. The number of anilines is 1. The van der Waals surface area contributed by atoms with E-state index in [1.165, 1.54) is 6.08 Å². The Morgan fingerprint density at radius 1 is 1.35 bits per heavy atom. The van der Waals surface area contributed by atoms with E-state index >= 15 is 0 Å². The van der Waals surface area contributed by atoms with Crippen LogP contribution in [0, 0.1) is 0 Å². The average Bonchev–Trinajstić information content (AvgIpc) is 2.27. The highest BCUT2D eigenvalue weighted by Gasteiger charge is 2.05. The first-order valence-corrected chi connectivity index (χ1v) is 6.75. The molecule has 0 aromatic heterocycles. The molecule has 0 bridgehead atoms. The molecular weight excluding hydrogens is 240 g/mol. The number of benzene rings is 1. The number of nitrogens with two attached hydrogens (primary N) is 1. The molecule has 0 fully saturated rings. The number of rotatable bonds is 7. The molecule has 17 heavy (non-hydrogen) atoms. The summed E-state index contributed by atoms with van der Waals surface area (Å²) in [6, 6.07) is 6.90. The van der Waals surface area contributed by atoms with Crippen molar-refractivity contribution in [2.75, 3.05) is 24.6 Å². The minimum Gasteiger partial charge on any atom is -0.492 e. The van der Waals surface area contributed by atoms with Crippen molar-refractivity contribution in [2.45, 2.75) is 0 Å². The van der Waals surface area contributed by atoms with Gasteiger partial charge in [-0.15, -0.1) is 6.58 Å². The molecule has 6 heteroatoms. The molecule has 0 aliphatic carbocycles. The smallest absolute Gasteiger partial charge is 0.215 e. The molecule has 0 spiro atoms. The highest BCUT2D eigenvalue weighted by Crippen LogP contribution is 2.12. The fourth-order valence-electron chi connectivity index (χ4n) is 1.14. The summed E-state index contributed by atoms with van der Waals surface area (Å²) < 4.78 is 30.2. The molecule has 1 aromatic carbocycles. The number of ether oxygens (including phenoxy) is 1. The third-order valence-corrected chi connectivity index (χ3v) is 3.23. The van der Waals surface area contributed by atoms with Crippen molar-refractivity contribution in [2.24, 2.45) is 0 Å². The predicted octanol–water partition coefficient (Wildman–Crippen LogP) is 0.753. The van der Waals surface area contributed by atoms with E-state index in [-0.39, 0.29) is 18.9 Å². The average molecular weight is 256 g/mol. The van der Waals surface area contributed by atoms with E-state index < -0.39 is 10.0 Å². The molecule has 0 radical (unpaired) electrons. The maximum atomic E-state index is 11.2. The largest absolute Gasteiger partial charge is 0.492 e. The van der Waals surface area contributed by atoms with Gasteiger partial charge < -0.3 is 10.5 Å². The predicted molar refractivity (Wildman–Crippen MR) is 68.3 cm³/mol. The van der Waals surface area contributed by atoms with E-state index in [0.717, 1.165) is 0 Å². The molecule has 0 saturated carbocycles. The van der Waals surface area contributed by atoms with Crippen molar-refractivity contribution < 1.29 is 13.2 Å². The molecule has 0 heterocycles. The van der Waals surface area contributed by atoms with Gasteiger partial charge in [-0.1, -0.05) is 6.08 Å². The van der Waals surface area contributed by atoms with Gasteiger partial charge in [0.15, 0.2) is 0 Å². The summed E-state index contributed by atoms with van der Waals surface area (Å²) in [5.74, 6) is 0.566. The summed E-state index contributed by atoms with van der Waals surface area (Å²) >= 11 is 0. The van der Waals surface area contributed by atoms with Gasteiger partial charge in [0.05, 0.1) is 5.75 Å². The van der Waals surface area contributed by atoms with Crippen LogP contribution in [0.2, 0.25) is 0 Å². The van der Waals surface area contributed by atoms with E-state index in [4.69, 9.17) is 10.5 Å². The van der Waals surface area contributed by atoms with Crippen LogP contribution in [0.1, 0.15) is 0 Å². The van der Waals surface area contributed by atoms with E-state index in [1.807, 2.05) is 0 Å². The number of nitrogen functional groups attached to an aromatic ring is 1. The molecule has 1 rings (SSSR count). The quantitative estimate of drug-likeness (QED) is 0.428. The Kier molecular flexibility index (Phi) is 4.99. The normalized spacial score (nSPS) is 11.1. The molecule has 1 aromatic rings. The second kappa shape index (κ2) is 6.27. The topological polar surface area (TPSA) is 81.4 Å². The van der Waals surface area contributed by atoms with Crippen LogP contribution in [0.3, 0.4) is 0 Å². The fourth-order valence-corrected chi connectivity index (χ4v) is 1.97. The molecular formula is C11H16N2O3S. The van der Waals surface area contributed by atoms with Gasteiger partial charge >= 0.3 is 0 Å². The maximum absolute atomic E-state index is 11.2. The lowest BCUT2D eigenvalue weighted by Crippen LogP contribution is -2.29. The van der Waals surface area contributed by atoms with Crippen LogP contribution in [0.4, 0.5) is 5.69 Å². The third-order valence-electron chi connectivity index (χ3n) is 1.91. The Morgan fingerprint density at radius 2 is 2.00 bits per heavy atom. The standard InChI is InChI=1S/C11H16N2O3S/c1-2-9-17(14,15)13-7-8-16-11-5-3-10(12)4-6-11/h2-6,13H,1,7-9,12H2. The van der Waals surface area contributed by atoms with Crippen LogP contribution >= 0.6 is 0 Å². The minimum atomic E-state index is -3.26. The molecule has 0 saturated heterocycles. The van der Waals surface area contributed by atoms with Gasteiger partial charge in [0, 0.05) is 12.2 Å². The number of hydrogen-bond donors (Lipinski definition) is 2. The molecule has 0 aliphatic heterocycles. The van der Waals surface area contributed by atoms with Crippen molar-refractivity contribution in [3.8, 4) is 5.75 Å². The van der Waals surface area contributed by atoms with Gasteiger partial charge in [-0.25, -0.2) is 13.1 Å². The Labute approximate surface area is 101 Å². The zero-order valence-corrected chi connectivity index (χ0v) is 10.2. The zero-order chi connectivity index (χ0) is 12.7. The third kappa shape index (κ3) is 5.37. The number of sulfonamides is 1. The van der Waals surface area contributed by atoms with Crippen molar-refractivity contribution in [3.63, 3.8) is 0 Å². The van der Waals surface area contributed by atoms with Crippen molar-refractivity contribution in [1.82, 2.24) is 4.72 Å². The number of hydrogen-bond acceptors (Lipinski definition) is 4. The summed E-state index contributed by atoms with van der Waals surface area (Å²) in [5, 5.41) is 0. The first kappa shape index (κ1) is 13.5. The summed E-state index contributed by atoms with van der Waals surface area (Å²) in [5.41, 5.74) is 6.17. The Balaban J connectivity index is 2.29. The van der Waals surface area contributed by atoms with E-state index in [1.54, 1.807) is 24.3 Å². The second-order valence-electron chi connectivity index (χ2n) is 3.38. The van der Waals surface area contributed by atoms with Crippen molar-refractivity contribution in [1.29, 1.82) is 0 Å². The fraction of sp³-hybridized carbons (Fsp3) is 0.273. The monoisotopic (exact) mass is 256 g/mol. The van der Waals surface area contributed by atoms with Gasteiger partial charge in [0.1, 0.15) is 12.4 Å². The van der Waals surface area contributed by atoms with Gasteiger partial charge in [0.2, 0.25) is 10.0 Å². The first-order chi connectivity index (χ1) is 8.03. The summed E-state index contributed by atoms with van der Waals surface area (Å²) in [7, 11) is -3.26. The highest BCUT2D eigenvalue weighted by molar-refractivity contribution is 7.89. The lowest BCUT2D eigenvalue weighted by atomic mass is 10.3. The van der Waals surface area contributed by atoms with Gasteiger partial charge in [-0.3, -0.25) is 0 Å². The summed E-state index contributed by atoms with van der Waals surface area (Å²) in [6.07, 6.45) is 1.34. The van der Waals surface area contributed by atoms with Crippen LogP contribution in [-0.4, -0.2) is 27.3 Å². The first-order valence-electron chi connectivity index (χ1n) is 5.10. The molecule has 94 valence electrons. The van der Waals surface area contributed by atoms with Gasteiger partial charge in [0.25, 0.3) is 0 Å². The van der Waals surface area contributed by atoms with E-state index in [2.05, 4.69) is 11.3 Å².